The van der Waals surface area contributed by atoms with Crippen molar-refractivity contribution in [1.29, 1.82) is 0 Å². The van der Waals surface area contributed by atoms with Crippen molar-refractivity contribution in [2.75, 3.05) is 5.75 Å². The van der Waals surface area contributed by atoms with Gasteiger partial charge in [0, 0.05) is 22.7 Å². The summed E-state index contributed by atoms with van der Waals surface area (Å²) in [5.41, 5.74) is 11.3. The number of nitrogens with one attached hydrogen (secondary N) is 1. The zero-order valence-electron chi connectivity index (χ0n) is 12.4. The van der Waals surface area contributed by atoms with Crippen LogP contribution in [0.4, 0.5) is 0 Å². The Kier molecular flexibility index (Phi) is 4.04. The number of aromatic amines is 1. The van der Waals surface area contributed by atoms with Crippen molar-refractivity contribution in [3.8, 4) is 0 Å². The fourth-order valence-electron chi connectivity index (χ4n) is 2.55. The molecule has 2 aromatic carbocycles. The number of nitrogens with two attached hydrogens (primary N) is 1. The van der Waals surface area contributed by atoms with Crippen LogP contribution in [0, 0.1) is 13.8 Å². The molecule has 2 nitrogen and oxygen atoms in total. The molecule has 1 unspecified atom stereocenters. The molecule has 108 valence electrons. The van der Waals surface area contributed by atoms with Gasteiger partial charge in [-0.1, -0.05) is 42.0 Å². The average molecular weight is 296 g/mol. The van der Waals surface area contributed by atoms with Crippen LogP contribution in [0.3, 0.4) is 0 Å². The predicted molar refractivity (Wildman–Crippen MR) is 91.9 cm³/mol. The molecular weight excluding hydrogens is 276 g/mol. The van der Waals surface area contributed by atoms with Gasteiger partial charge in [-0.2, -0.15) is 0 Å². The van der Waals surface area contributed by atoms with Crippen LogP contribution in [-0.4, -0.2) is 10.7 Å². The van der Waals surface area contributed by atoms with E-state index < -0.39 is 0 Å². The quantitative estimate of drug-likeness (QED) is 0.692. The number of fused-ring (bicyclic) bond motifs is 1. The van der Waals surface area contributed by atoms with Crippen LogP contribution in [0.25, 0.3) is 10.9 Å². The van der Waals surface area contributed by atoms with Gasteiger partial charge in [0.2, 0.25) is 0 Å². The third kappa shape index (κ3) is 3.14. The van der Waals surface area contributed by atoms with Gasteiger partial charge in [-0.3, -0.25) is 0 Å². The Balaban J connectivity index is 1.73. The van der Waals surface area contributed by atoms with Gasteiger partial charge < -0.3 is 10.7 Å². The van der Waals surface area contributed by atoms with Crippen molar-refractivity contribution < 1.29 is 0 Å². The highest BCUT2D eigenvalue weighted by Gasteiger charge is 2.10. The number of para-hydroxylation sites is 1. The molecule has 3 heteroatoms. The molecule has 1 atom stereocenters. The molecule has 0 aliphatic heterocycles. The Labute approximate surface area is 129 Å². The summed E-state index contributed by atoms with van der Waals surface area (Å²) in [7, 11) is 0. The second kappa shape index (κ2) is 5.96. The molecule has 0 bridgehead atoms. The minimum absolute atomic E-state index is 0.0568. The maximum absolute atomic E-state index is 6.37. The van der Waals surface area contributed by atoms with Gasteiger partial charge in [0.05, 0.1) is 5.03 Å². The van der Waals surface area contributed by atoms with E-state index in [4.69, 9.17) is 5.73 Å². The SMILES string of the molecule is Cc1ccc(C)c(C(N)CSc2cc3ccccc3[nH]2)c1. The second-order valence-electron chi connectivity index (χ2n) is 5.50. The highest BCUT2D eigenvalue weighted by atomic mass is 32.2. The largest absolute Gasteiger partial charge is 0.350 e. The summed E-state index contributed by atoms with van der Waals surface area (Å²) in [5.74, 6) is 0.872. The summed E-state index contributed by atoms with van der Waals surface area (Å²) in [5, 5.41) is 2.43. The summed E-state index contributed by atoms with van der Waals surface area (Å²) in [6.45, 7) is 4.24. The van der Waals surface area contributed by atoms with Crippen molar-refractivity contribution in [2.24, 2.45) is 5.73 Å². The number of aromatic nitrogens is 1. The Morgan fingerprint density at radius 2 is 1.90 bits per heavy atom. The second-order valence-corrected chi connectivity index (χ2v) is 6.56. The van der Waals surface area contributed by atoms with Crippen molar-refractivity contribution in [3.05, 3.63) is 65.2 Å². The lowest BCUT2D eigenvalue weighted by atomic mass is 10.0. The fourth-order valence-corrected chi connectivity index (χ4v) is 3.48. The Hall–Kier alpha value is -1.71. The molecule has 0 spiro atoms. The molecule has 1 heterocycles. The highest BCUT2D eigenvalue weighted by molar-refractivity contribution is 7.99. The Morgan fingerprint density at radius 3 is 2.71 bits per heavy atom. The normalized spacial score (nSPS) is 12.7. The summed E-state index contributed by atoms with van der Waals surface area (Å²) in [6, 6.07) is 17.1. The minimum Gasteiger partial charge on any atom is -0.350 e. The first-order valence-corrected chi connectivity index (χ1v) is 8.15. The van der Waals surface area contributed by atoms with Gasteiger partial charge in [0.1, 0.15) is 0 Å². The van der Waals surface area contributed by atoms with E-state index in [1.54, 1.807) is 11.8 Å². The van der Waals surface area contributed by atoms with E-state index >= 15 is 0 Å². The van der Waals surface area contributed by atoms with Crippen LogP contribution in [0.15, 0.2) is 53.6 Å². The lowest BCUT2D eigenvalue weighted by molar-refractivity contribution is 0.820. The molecule has 0 radical (unpaired) electrons. The molecule has 0 saturated heterocycles. The van der Waals surface area contributed by atoms with E-state index in [-0.39, 0.29) is 6.04 Å². The lowest BCUT2D eigenvalue weighted by Gasteiger charge is -2.14. The van der Waals surface area contributed by atoms with E-state index in [1.807, 2.05) is 0 Å². The standard InChI is InChI=1S/C18H20N2S/c1-12-7-8-13(2)15(9-12)16(19)11-21-18-10-14-5-3-4-6-17(14)20-18/h3-10,16,20H,11,19H2,1-2H3. The van der Waals surface area contributed by atoms with Crippen LogP contribution in [-0.2, 0) is 0 Å². The van der Waals surface area contributed by atoms with Crippen LogP contribution < -0.4 is 5.73 Å². The molecular formula is C18H20N2S. The summed E-state index contributed by atoms with van der Waals surface area (Å²) in [4.78, 5) is 3.44. The third-order valence-electron chi connectivity index (χ3n) is 3.76. The van der Waals surface area contributed by atoms with Crippen molar-refractivity contribution in [1.82, 2.24) is 4.98 Å². The number of benzene rings is 2. The molecule has 0 aliphatic rings. The van der Waals surface area contributed by atoms with Gasteiger partial charge in [0.15, 0.2) is 0 Å². The Bertz CT molecular complexity index is 728. The maximum Gasteiger partial charge on any atom is 0.0733 e. The smallest absolute Gasteiger partial charge is 0.0733 e. The number of H-pyrrole nitrogens is 1. The van der Waals surface area contributed by atoms with Crippen LogP contribution >= 0.6 is 11.8 Å². The van der Waals surface area contributed by atoms with Gasteiger partial charge in [-0.25, -0.2) is 0 Å². The van der Waals surface area contributed by atoms with Crippen molar-refractivity contribution in [3.63, 3.8) is 0 Å². The maximum atomic E-state index is 6.37. The number of hydrogen-bond donors (Lipinski definition) is 2. The first-order chi connectivity index (χ1) is 10.1. The van der Waals surface area contributed by atoms with E-state index in [0.29, 0.717) is 0 Å². The molecule has 0 saturated carbocycles. The molecule has 0 amide bonds. The number of aryl methyl sites for hydroxylation is 2. The molecule has 0 fully saturated rings. The minimum atomic E-state index is 0.0568. The molecule has 3 aromatic rings. The summed E-state index contributed by atoms with van der Waals surface area (Å²) < 4.78 is 0. The first kappa shape index (κ1) is 14.2. The van der Waals surface area contributed by atoms with E-state index in [0.717, 1.165) is 5.75 Å². The van der Waals surface area contributed by atoms with Crippen LogP contribution in [0.5, 0.6) is 0 Å². The van der Waals surface area contributed by atoms with E-state index in [2.05, 4.69) is 67.4 Å². The first-order valence-electron chi connectivity index (χ1n) is 7.17. The Morgan fingerprint density at radius 1 is 1.10 bits per heavy atom. The van der Waals surface area contributed by atoms with Crippen LogP contribution in [0.1, 0.15) is 22.7 Å². The zero-order valence-corrected chi connectivity index (χ0v) is 13.2. The number of rotatable bonds is 4. The zero-order chi connectivity index (χ0) is 14.8. The van der Waals surface area contributed by atoms with Gasteiger partial charge in [-0.15, -0.1) is 11.8 Å². The van der Waals surface area contributed by atoms with Crippen molar-refractivity contribution >= 4 is 22.7 Å². The van der Waals surface area contributed by atoms with Gasteiger partial charge in [-0.05, 0) is 37.1 Å². The summed E-state index contributed by atoms with van der Waals surface area (Å²) in [6.07, 6.45) is 0. The van der Waals surface area contributed by atoms with Crippen molar-refractivity contribution in [2.45, 2.75) is 24.9 Å². The molecule has 1 aromatic heterocycles. The number of thioether (sulfide) groups is 1. The molecule has 0 aliphatic carbocycles. The topological polar surface area (TPSA) is 41.8 Å². The molecule has 3 rings (SSSR count). The third-order valence-corrected chi connectivity index (χ3v) is 4.81. The van der Waals surface area contributed by atoms with Gasteiger partial charge >= 0.3 is 0 Å². The summed E-state index contributed by atoms with van der Waals surface area (Å²) >= 11 is 1.78. The van der Waals surface area contributed by atoms with E-state index in [9.17, 15) is 0 Å². The monoisotopic (exact) mass is 296 g/mol. The number of hydrogen-bond acceptors (Lipinski definition) is 2. The van der Waals surface area contributed by atoms with Gasteiger partial charge in [0.25, 0.3) is 0 Å². The highest BCUT2D eigenvalue weighted by Crippen LogP contribution is 2.27. The predicted octanol–water partition coefficient (Wildman–Crippen LogP) is 4.58. The van der Waals surface area contributed by atoms with Crippen LogP contribution in [0.2, 0.25) is 0 Å². The molecule has 3 N–H and O–H groups in total. The molecule has 21 heavy (non-hydrogen) atoms. The lowest BCUT2D eigenvalue weighted by Crippen LogP contribution is -2.14. The average Bonchev–Trinajstić information content (AvgIpc) is 2.90. The van der Waals surface area contributed by atoms with E-state index in [1.165, 1.54) is 32.6 Å². The fraction of sp³-hybridized carbons (Fsp3) is 0.222.